The quantitative estimate of drug-likeness (QED) is 0.732. The summed E-state index contributed by atoms with van der Waals surface area (Å²) in [4.78, 5) is 11.9. The molecule has 0 heterocycles. The first-order valence-electron chi connectivity index (χ1n) is 7.42. The number of carbonyl (C=O) groups is 1. The summed E-state index contributed by atoms with van der Waals surface area (Å²) in [6.45, 7) is 1.26. The van der Waals surface area contributed by atoms with E-state index in [2.05, 4.69) is 5.32 Å². The number of amides is 1. The van der Waals surface area contributed by atoms with Gasteiger partial charge >= 0.3 is 0 Å². The molecular weight excluding hydrogens is 228 g/mol. The van der Waals surface area contributed by atoms with Crippen molar-refractivity contribution in [3.8, 4) is 0 Å². The van der Waals surface area contributed by atoms with Crippen LogP contribution in [0.25, 0.3) is 0 Å². The predicted molar refractivity (Wildman–Crippen MR) is 71.2 cm³/mol. The Hall–Kier alpha value is -0.610. The van der Waals surface area contributed by atoms with E-state index in [4.69, 9.17) is 10.5 Å². The van der Waals surface area contributed by atoms with Crippen LogP contribution in [0.4, 0.5) is 0 Å². The molecule has 4 heteroatoms. The first kappa shape index (κ1) is 13.8. The van der Waals surface area contributed by atoms with Crippen LogP contribution in [-0.2, 0) is 9.53 Å². The minimum Gasteiger partial charge on any atom is -0.376 e. The van der Waals surface area contributed by atoms with Crippen molar-refractivity contribution in [2.45, 2.75) is 63.5 Å². The number of nitrogens with two attached hydrogens (primary N) is 1. The molecule has 2 aliphatic rings. The Kier molecular flexibility index (Phi) is 5.45. The summed E-state index contributed by atoms with van der Waals surface area (Å²) < 4.78 is 5.78. The van der Waals surface area contributed by atoms with Crippen LogP contribution in [0.1, 0.15) is 51.4 Å². The highest BCUT2D eigenvalue weighted by Crippen LogP contribution is 2.24. The van der Waals surface area contributed by atoms with Gasteiger partial charge in [0.1, 0.15) is 0 Å². The fourth-order valence-corrected chi connectivity index (χ4v) is 3.08. The average molecular weight is 254 g/mol. The molecule has 0 saturated heterocycles. The van der Waals surface area contributed by atoms with Crippen molar-refractivity contribution in [1.29, 1.82) is 0 Å². The molecule has 4 nitrogen and oxygen atoms in total. The normalized spacial score (nSPS) is 29.4. The van der Waals surface area contributed by atoms with Crippen LogP contribution in [-0.4, -0.2) is 31.2 Å². The van der Waals surface area contributed by atoms with E-state index in [9.17, 15) is 4.79 Å². The molecule has 2 rings (SSSR count). The highest BCUT2D eigenvalue weighted by Gasteiger charge is 2.29. The van der Waals surface area contributed by atoms with Crippen molar-refractivity contribution in [1.82, 2.24) is 5.32 Å². The zero-order chi connectivity index (χ0) is 12.8. The van der Waals surface area contributed by atoms with E-state index in [0.717, 1.165) is 19.3 Å². The third-order valence-electron chi connectivity index (χ3n) is 4.21. The number of rotatable bonds is 5. The fourth-order valence-electron chi connectivity index (χ4n) is 3.08. The van der Waals surface area contributed by atoms with Crippen molar-refractivity contribution >= 4 is 5.91 Å². The summed E-state index contributed by atoms with van der Waals surface area (Å²) in [6, 6.07) is 0.0595. The molecule has 2 unspecified atom stereocenters. The Balaban J connectivity index is 1.56. The summed E-state index contributed by atoms with van der Waals surface area (Å²) in [5.74, 6) is 0.145. The lowest BCUT2D eigenvalue weighted by molar-refractivity contribution is -0.125. The van der Waals surface area contributed by atoms with Crippen LogP contribution >= 0.6 is 0 Å². The lowest BCUT2D eigenvalue weighted by Gasteiger charge is -2.22. The molecule has 18 heavy (non-hydrogen) atoms. The first-order valence-corrected chi connectivity index (χ1v) is 7.42. The maximum Gasteiger partial charge on any atom is 0.224 e. The van der Waals surface area contributed by atoms with E-state index in [0.29, 0.717) is 19.3 Å². The number of hydrogen-bond donors (Lipinski definition) is 2. The van der Waals surface area contributed by atoms with Crippen LogP contribution in [0.15, 0.2) is 0 Å². The molecule has 2 fully saturated rings. The van der Waals surface area contributed by atoms with E-state index in [1.165, 1.54) is 32.1 Å². The Labute approximate surface area is 110 Å². The van der Waals surface area contributed by atoms with Gasteiger partial charge in [0.2, 0.25) is 5.91 Å². The first-order chi connectivity index (χ1) is 8.77. The molecular formula is C14H26N2O2. The van der Waals surface area contributed by atoms with Crippen LogP contribution in [0.5, 0.6) is 0 Å². The second kappa shape index (κ2) is 7.10. The van der Waals surface area contributed by atoms with E-state index >= 15 is 0 Å². The van der Waals surface area contributed by atoms with E-state index < -0.39 is 0 Å². The molecule has 0 aromatic heterocycles. The van der Waals surface area contributed by atoms with Crippen molar-refractivity contribution in [2.75, 3.05) is 13.2 Å². The van der Waals surface area contributed by atoms with E-state index in [1.54, 1.807) is 0 Å². The number of hydrogen-bond acceptors (Lipinski definition) is 3. The molecule has 0 spiro atoms. The molecule has 0 aromatic rings. The molecule has 2 saturated carbocycles. The topological polar surface area (TPSA) is 64.4 Å². The monoisotopic (exact) mass is 254 g/mol. The van der Waals surface area contributed by atoms with Crippen LogP contribution < -0.4 is 11.1 Å². The third kappa shape index (κ3) is 3.95. The number of carbonyl (C=O) groups excluding carboxylic acids is 1. The minimum absolute atomic E-state index is 0.0275. The Morgan fingerprint density at radius 1 is 1.11 bits per heavy atom. The molecule has 2 atom stereocenters. The molecule has 104 valence electrons. The van der Waals surface area contributed by atoms with Crippen LogP contribution in [0.3, 0.4) is 0 Å². The highest BCUT2D eigenvalue weighted by atomic mass is 16.5. The predicted octanol–water partition coefficient (Wildman–Crippen LogP) is 1.58. The van der Waals surface area contributed by atoms with Gasteiger partial charge in [0.05, 0.1) is 18.6 Å². The van der Waals surface area contributed by atoms with Gasteiger partial charge in [0.15, 0.2) is 0 Å². The van der Waals surface area contributed by atoms with Gasteiger partial charge in [0, 0.05) is 12.6 Å². The van der Waals surface area contributed by atoms with Crippen molar-refractivity contribution in [3.05, 3.63) is 0 Å². The van der Waals surface area contributed by atoms with Crippen LogP contribution in [0.2, 0.25) is 0 Å². The summed E-state index contributed by atoms with van der Waals surface area (Å²) >= 11 is 0. The summed E-state index contributed by atoms with van der Waals surface area (Å²) in [6.07, 6.45) is 9.70. The molecule has 2 aliphatic carbocycles. The van der Waals surface area contributed by atoms with Gasteiger partial charge in [-0.05, 0) is 25.7 Å². The standard InChI is InChI=1S/C14H26N2O2/c15-13-8-4-7-12(13)14(17)16-9-10-18-11-5-2-1-3-6-11/h11-13H,1-10,15H2,(H,16,17). The Morgan fingerprint density at radius 2 is 1.89 bits per heavy atom. The fraction of sp³-hybridized carbons (Fsp3) is 0.929. The summed E-state index contributed by atoms with van der Waals surface area (Å²) in [5.41, 5.74) is 5.91. The third-order valence-corrected chi connectivity index (χ3v) is 4.21. The number of ether oxygens (including phenoxy) is 1. The van der Waals surface area contributed by atoms with Gasteiger partial charge in [-0.3, -0.25) is 4.79 Å². The van der Waals surface area contributed by atoms with Gasteiger partial charge in [-0.2, -0.15) is 0 Å². The summed E-state index contributed by atoms with van der Waals surface area (Å²) in [5, 5.41) is 2.95. The zero-order valence-electron chi connectivity index (χ0n) is 11.2. The average Bonchev–Trinajstić information content (AvgIpc) is 2.82. The van der Waals surface area contributed by atoms with E-state index in [-0.39, 0.29) is 17.9 Å². The minimum atomic E-state index is 0.0275. The molecule has 3 N–H and O–H groups in total. The van der Waals surface area contributed by atoms with Gasteiger partial charge in [-0.15, -0.1) is 0 Å². The second-order valence-electron chi connectivity index (χ2n) is 5.62. The zero-order valence-corrected chi connectivity index (χ0v) is 11.2. The highest BCUT2D eigenvalue weighted by molar-refractivity contribution is 5.79. The lowest BCUT2D eigenvalue weighted by Crippen LogP contribution is -2.40. The van der Waals surface area contributed by atoms with Crippen LogP contribution in [0, 0.1) is 5.92 Å². The summed E-state index contributed by atoms with van der Waals surface area (Å²) in [7, 11) is 0. The van der Waals surface area contributed by atoms with Gasteiger partial charge in [0.25, 0.3) is 0 Å². The Morgan fingerprint density at radius 3 is 2.56 bits per heavy atom. The van der Waals surface area contributed by atoms with Crippen molar-refractivity contribution in [3.63, 3.8) is 0 Å². The Bertz CT molecular complexity index is 265. The molecule has 1 amide bonds. The molecule has 0 aliphatic heterocycles. The smallest absolute Gasteiger partial charge is 0.224 e. The maximum absolute atomic E-state index is 11.9. The molecule has 0 radical (unpaired) electrons. The number of nitrogens with one attached hydrogen (secondary N) is 1. The maximum atomic E-state index is 11.9. The van der Waals surface area contributed by atoms with E-state index in [1.807, 2.05) is 0 Å². The SMILES string of the molecule is NC1CCCC1C(=O)NCCOC1CCCCC1. The second-order valence-corrected chi connectivity index (χ2v) is 5.62. The van der Waals surface area contributed by atoms with Crippen molar-refractivity contribution in [2.24, 2.45) is 11.7 Å². The largest absolute Gasteiger partial charge is 0.376 e. The molecule has 0 bridgehead atoms. The van der Waals surface area contributed by atoms with Gasteiger partial charge in [-0.25, -0.2) is 0 Å². The lowest BCUT2D eigenvalue weighted by atomic mass is 9.98. The van der Waals surface area contributed by atoms with Gasteiger partial charge in [-0.1, -0.05) is 25.7 Å². The molecule has 0 aromatic carbocycles. The van der Waals surface area contributed by atoms with Gasteiger partial charge < -0.3 is 15.8 Å². The van der Waals surface area contributed by atoms with Crippen molar-refractivity contribution < 1.29 is 9.53 Å².